The molecule has 2 aliphatic rings. The van der Waals surface area contributed by atoms with Crippen LogP contribution in [0.25, 0.3) is 10.9 Å². The monoisotopic (exact) mass is 533 g/mol. The number of aromatic nitrogens is 2. The van der Waals surface area contributed by atoms with Crippen molar-refractivity contribution in [3.05, 3.63) is 53.9 Å². The molecular weight excluding hydrogens is 505 g/mol. The fourth-order valence-corrected chi connectivity index (χ4v) is 5.37. The number of β-amino-alcohol motifs (C(OH)–C–C–N with tert-alkyl or cyclic N) is 1. The van der Waals surface area contributed by atoms with Crippen molar-refractivity contribution in [1.82, 2.24) is 20.2 Å². The van der Waals surface area contributed by atoms with E-state index in [4.69, 9.17) is 4.74 Å². The number of thioether (sulfide) groups is 1. The third-order valence-electron chi connectivity index (χ3n) is 6.49. The van der Waals surface area contributed by atoms with E-state index in [0.717, 1.165) is 27.1 Å². The smallest absolute Gasteiger partial charge is 0.234 e. The molecule has 2 aromatic heterocycles. The number of amides is 1. The molecular formula is C25H29ClFN5O3S. The molecule has 3 N–H and O–H groups in total. The molecule has 192 valence electrons. The van der Waals surface area contributed by atoms with Gasteiger partial charge in [-0.2, -0.15) is 0 Å². The average molecular weight is 534 g/mol. The molecule has 0 saturated carbocycles. The summed E-state index contributed by atoms with van der Waals surface area (Å²) < 4.78 is 20.4. The van der Waals surface area contributed by atoms with Gasteiger partial charge in [0.05, 0.1) is 30.2 Å². The highest BCUT2D eigenvalue weighted by Crippen LogP contribution is 2.30. The summed E-state index contributed by atoms with van der Waals surface area (Å²) in [4.78, 5) is 22.4. The van der Waals surface area contributed by atoms with Crippen LogP contribution in [0.1, 0.15) is 23.7 Å². The molecule has 36 heavy (non-hydrogen) atoms. The lowest BCUT2D eigenvalue weighted by atomic mass is 10.00. The van der Waals surface area contributed by atoms with Crippen molar-refractivity contribution in [1.29, 1.82) is 0 Å². The lowest BCUT2D eigenvalue weighted by Crippen LogP contribution is -2.51. The molecule has 5 rings (SSSR count). The molecule has 0 unspecified atom stereocenters. The van der Waals surface area contributed by atoms with Gasteiger partial charge in [0, 0.05) is 43.5 Å². The molecule has 1 fully saturated rings. The zero-order chi connectivity index (χ0) is 24.4. The van der Waals surface area contributed by atoms with E-state index in [9.17, 15) is 9.90 Å². The number of hydrogen-bond donors (Lipinski definition) is 3. The number of fused-ring (bicyclic) bond motifs is 2. The molecule has 3 aromatic rings. The van der Waals surface area contributed by atoms with E-state index in [0.29, 0.717) is 43.2 Å². The zero-order valence-corrected chi connectivity index (χ0v) is 21.4. The number of carbonyl (C=O) groups excluding carboxylic acids is 1. The number of halogens is 2. The number of nitrogens with zero attached hydrogens (tertiary/aromatic N) is 3. The van der Waals surface area contributed by atoms with E-state index >= 15 is 4.39 Å². The number of piperidine rings is 1. The van der Waals surface area contributed by atoms with E-state index in [1.807, 2.05) is 29.2 Å². The summed E-state index contributed by atoms with van der Waals surface area (Å²) in [6, 6.07) is 8.99. The second-order valence-corrected chi connectivity index (χ2v) is 9.85. The quantitative estimate of drug-likeness (QED) is 0.425. The van der Waals surface area contributed by atoms with E-state index < -0.39 is 12.3 Å². The summed E-state index contributed by atoms with van der Waals surface area (Å²) in [6.45, 7) is 1.74. The Bertz CT molecular complexity index is 1240. The van der Waals surface area contributed by atoms with Gasteiger partial charge in [-0.25, -0.2) is 9.37 Å². The normalized spacial score (nSPS) is 20.8. The molecule has 4 heterocycles. The largest absolute Gasteiger partial charge is 0.497 e. The van der Waals surface area contributed by atoms with Crippen LogP contribution in [-0.4, -0.2) is 70.6 Å². The number of anilines is 1. The van der Waals surface area contributed by atoms with Crippen LogP contribution in [0.3, 0.4) is 0 Å². The van der Waals surface area contributed by atoms with Crippen LogP contribution in [0.4, 0.5) is 10.1 Å². The molecule has 1 saturated heterocycles. The van der Waals surface area contributed by atoms with Crippen molar-refractivity contribution in [2.24, 2.45) is 0 Å². The van der Waals surface area contributed by atoms with Crippen molar-refractivity contribution in [3.8, 4) is 5.75 Å². The Morgan fingerprint density at radius 1 is 1.33 bits per heavy atom. The van der Waals surface area contributed by atoms with Gasteiger partial charge in [-0.1, -0.05) is 11.8 Å². The van der Waals surface area contributed by atoms with E-state index in [-0.39, 0.29) is 30.9 Å². The summed E-state index contributed by atoms with van der Waals surface area (Å²) in [7, 11) is 1.60. The second-order valence-electron chi connectivity index (χ2n) is 8.88. The predicted octanol–water partition coefficient (Wildman–Crippen LogP) is 3.34. The minimum atomic E-state index is -1.06. The Kier molecular flexibility index (Phi) is 8.63. The van der Waals surface area contributed by atoms with E-state index in [2.05, 4.69) is 20.6 Å². The summed E-state index contributed by atoms with van der Waals surface area (Å²) in [5.41, 5.74) is 3.15. The van der Waals surface area contributed by atoms with Gasteiger partial charge in [0.1, 0.15) is 16.9 Å². The number of likely N-dealkylation sites (tertiary alicyclic amines) is 1. The number of aliphatic hydroxyl groups is 1. The minimum Gasteiger partial charge on any atom is -0.497 e. The Labute approximate surface area is 219 Å². The van der Waals surface area contributed by atoms with Gasteiger partial charge in [-0.05, 0) is 54.4 Å². The molecule has 0 aliphatic carbocycles. The highest BCUT2D eigenvalue weighted by molar-refractivity contribution is 8.00. The van der Waals surface area contributed by atoms with Crippen molar-refractivity contribution >= 4 is 46.7 Å². The third kappa shape index (κ3) is 5.90. The van der Waals surface area contributed by atoms with Crippen LogP contribution < -0.4 is 15.4 Å². The fourth-order valence-electron chi connectivity index (χ4n) is 4.64. The number of rotatable bonds is 7. The molecule has 0 spiro atoms. The molecule has 1 aromatic carbocycles. The van der Waals surface area contributed by atoms with Crippen molar-refractivity contribution < 1.29 is 19.0 Å². The van der Waals surface area contributed by atoms with Crippen LogP contribution in [0.2, 0.25) is 0 Å². The van der Waals surface area contributed by atoms with Gasteiger partial charge in [0.15, 0.2) is 0 Å². The maximum Gasteiger partial charge on any atom is 0.234 e. The molecule has 0 radical (unpaired) electrons. The average Bonchev–Trinajstić information content (AvgIpc) is 2.87. The predicted molar refractivity (Wildman–Crippen MR) is 141 cm³/mol. The molecule has 11 heteroatoms. The number of ether oxygens (including phenoxy) is 1. The first-order valence-corrected chi connectivity index (χ1v) is 12.6. The Morgan fingerprint density at radius 2 is 2.19 bits per heavy atom. The van der Waals surface area contributed by atoms with E-state index in [1.165, 1.54) is 11.8 Å². The third-order valence-corrected chi connectivity index (χ3v) is 7.49. The number of methoxy groups -OCH3 is 1. The van der Waals surface area contributed by atoms with Crippen molar-refractivity contribution in [2.75, 3.05) is 37.8 Å². The standard InChI is InChI=1S/C25H28FN5O3S.ClH/c1-34-16-2-3-20-18(9-16)17(4-6-27-20)23(32)13-31-7-5-21(19(26)12-31)28-10-15-8-22-25(29-11-15)35-14-24(33)30-22;/h2-4,6,8-9,11,19,21,23,28,32H,5,7,10,12-14H2,1H3,(H,30,33);1H/t19-,21+,23+;/m1./s1. The van der Waals surface area contributed by atoms with Gasteiger partial charge >= 0.3 is 0 Å². The number of pyridine rings is 2. The molecule has 2 aliphatic heterocycles. The first-order valence-electron chi connectivity index (χ1n) is 11.6. The Hall–Kier alpha value is -2.50. The van der Waals surface area contributed by atoms with Crippen LogP contribution in [0.5, 0.6) is 5.75 Å². The lowest BCUT2D eigenvalue weighted by molar-refractivity contribution is -0.113. The number of aliphatic hydroxyl groups excluding tert-OH is 1. The number of alkyl halides is 1. The van der Waals surface area contributed by atoms with Gasteiger partial charge < -0.3 is 20.5 Å². The molecule has 8 nitrogen and oxygen atoms in total. The maximum atomic E-state index is 15.0. The highest BCUT2D eigenvalue weighted by Gasteiger charge is 2.30. The minimum absolute atomic E-state index is 0. The number of hydrogen-bond acceptors (Lipinski definition) is 8. The molecule has 1 amide bonds. The first-order chi connectivity index (χ1) is 17.0. The van der Waals surface area contributed by atoms with Gasteiger partial charge in [-0.3, -0.25) is 14.7 Å². The van der Waals surface area contributed by atoms with Crippen molar-refractivity contribution in [2.45, 2.75) is 36.3 Å². The maximum absolute atomic E-state index is 15.0. The highest BCUT2D eigenvalue weighted by atomic mass is 35.5. The first kappa shape index (κ1) is 26.6. The Balaban J connectivity index is 0.00000304. The van der Waals surface area contributed by atoms with E-state index in [1.54, 1.807) is 25.6 Å². The Morgan fingerprint density at radius 3 is 3.00 bits per heavy atom. The van der Waals surface area contributed by atoms with Gasteiger partial charge in [-0.15, -0.1) is 12.4 Å². The van der Waals surface area contributed by atoms with Crippen molar-refractivity contribution in [3.63, 3.8) is 0 Å². The number of benzene rings is 1. The van der Waals surface area contributed by atoms with Crippen LogP contribution in [-0.2, 0) is 11.3 Å². The SMILES string of the molecule is COc1ccc2nccc([C@@H](O)CN3CC[C@H](NCc4cnc5c(c4)NC(=O)CS5)[C@H](F)C3)c2c1.Cl. The fraction of sp³-hybridized carbons (Fsp3) is 0.400. The zero-order valence-electron chi connectivity index (χ0n) is 19.8. The van der Waals surface area contributed by atoms with Crippen LogP contribution in [0.15, 0.2) is 47.8 Å². The molecule has 3 atom stereocenters. The summed E-state index contributed by atoms with van der Waals surface area (Å²) >= 11 is 1.42. The number of carbonyl (C=O) groups is 1. The number of nitrogens with one attached hydrogen (secondary N) is 2. The van der Waals surface area contributed by atoms with Crippen LogP contribution >= 0.6 is 24.2 Å². The summed E-state index contributed by atoms with van der Waals surface area (Å²) in [6.07, 6.45) is 2.25. The topological polar surface area (TPSA) is 99.6 Å². The second kappa shape index (κ2) is 11.7. The summed E-state index contributed by atoms with van der Waals surface area (Å²) in [5.74, 6) is 1.04. The van der Waals surface area contributed by atoms with Crippen LogP contribution in [0, 0.1) is 0 Å². The molecule has 0 bridgehead atoms. The van der Waals surface area contributed by atoms with Gasteiger partial charge in [0.2, 0.25) is 5.91 Å². The van der Waals surface area contributed by atoms with Gasteiger partial charge in [0.25, 0.3) is 0 Å². The lowest BCUT2D eigenvalue weighted by Gasteiger charge is -2.36. The summed E-state index contributed by atoms with van der Waals surface area (Å²) in [5, 5.41) is 18.7.